The summed E-state index contributed by atoms with van der Waals surface area (Å²) in [5.41, 5.74) is 3.32. The average molecular weight is 307 g/mol. The van der Waals surface area contributed by atoms with Gasteiger partial charge in [0.1, 0.15) is 5.75 Å². The summed E-state index contributed by atoms with van der Waals surface area (Å²) in [7, 11) is 1.72. The van der Waals surface area contributed by atoms with Gasteiger partial charge in [-0.3, -0.25) is 14.8 Å². The summed E-state index contributed by atoms with van der Waals surface area (Å²) in [6.45, 7) is 12.8. The van der Waals surface area contributed by atoms with Gasteiger partial charge in [-0.05, 0) is 27.7 Å². The molecule has 0 radical (unpaired) electrons. The molecule has 1 fully saturated rings. The Morgan fingerprint density at radius 1 is 1.41 bits per heavy atom. The maximum absolute atomic E-state index is 9.56. The summed E-state index contributed by atoms with van der Waals surface area (Å²) in [5.74, 6) is 0.950. The fraction of sp³-hybridized carbons (Fsp3) is 0.706. The molecule has 22 heavy (non-hydrogen) atoms. The van der Waals surface area contributed by atoms with Crippen molar-refractivity contribution in [2.75, 3.05) is 33.3 Å². The zero-order chi connectivity index (χ0) is 16.3. The van der Waals surface area contributed by atoms with Crippen LogP contribution in [-0.2, 0) is 6.54 Å². The second-order valence-electron chi connectivity index (χ2n) is 6.47. The van der Waals surface area contributed by atoms with Gasteiger partial charge in [0.15, 0.2) is 0 Å². The maximum atomic E-state index is 9.56. The molecule has 0 unspecified atom stereocenters. The van der Waals surface area contributed by atoms with Gasteiger partial charge in [-0.2, -0.15) is 0 Å². The van der Waals surface area contributed by atoms with Crippen molar-refractivity contribution < 1.29 is 9.84 Å². The van der Waals surface area contributed by atoms with Gasteiger partial charge < -0.3 is 9.84 Å². The number of methoxy groups -OCH3 is 1. The fourth-order valence-corrected chi connectivity index (χ4v) is 3.27. The number of β-amino-alcohol motifs (C(OH)–C–C–N with tert-alkyl or cyclic N) is 1. The van der Waals surface area contributed by atoms with Crippen molar-refractivity contribution in [2.45, 2.75) is 46.4 Å². The van der Waals surface area contributed by atoms with Crippen molar-refractivity contribution >= 4 is 0 Å². The van der Waals surface area contributed by atoms with Crippen LogP contribution >= 0.6 is 0 Å². The molecule has 1 aliphatic heterocycles. The number of nitrogens with zero attached hydrogens (tertiary/aromatic N) is 3. The van der Waals surface area contributed by atoms with Gasteiger partial charge in [-0.1, -0.05) is 0 Å². The first-order valence-corrected chi connectivity index (χ1v) is 8.06. The van der Waals surface area contributed by atoms with Gasteiger partial charge in [0.25, 0.3) is 0 Å². The molecule has 0 amide bonds. The van der Waals surface area contributed by atoms with Crippen LogP contribution in [0.25, 0.3) is 0 Å². The minimum atomic E-state index is -0.265. The van der Waals surface area contributed by atoms with E-state index in [1.54, 1.807) is 7.11 Å². The summed E-state index contributed by atoms with van der Waals surface area (Å²) in [4.78, 5) is 9.39. The number of piperazine rings is 1. The molecule has 0 aromatic carbocycles. The standard InChI is InChI=1S/C17H29N3O2/c1-12-8-18-16(15(4)17(12)22-5)11-19-6-7-20(10-14(3)21)13(2)9-19/h8,13-14,21H,6-7,9-11H2,1-5H3/t13-,14-/m0/s1. The topological polar surface area (TPSA) is 48.8 Å². The fourth-order valence-electron chi connectivity index (χ4n) is 3.27. The van der Waals surface area contributed by atoms with Gasteiger partial charge in [0.05, 0.1) is 18.9 Å². The predicted octanol–water partition coefficient (Wildman–Crippen LogP) is 1.59. The lowest BCUT2D eigenvalue weighted by molar-refractivity contribution is 0.0417. The molecule has 5 heteroatoms. The van der Waals surface area contributed by atoms with Crippen molar-refractivity contribution in [1.82, 2.24) is 14.8 Å². The maximum Gasteiger partial charge on any atom is 0.128 e. The van der Waals surface area contributed by atoms with E-state index < -0.39 is 0 Å². The normalized spacial score (nSPS) is 21.8. The molecule has 2 heterocycles. The van der Waals surface area contributed by atoms with Crippen LogP contribution in [0.2, 0.25) is 0 Å². The molecule has 2 atom stereocenters. The van der Waals surface area contributed by atoms with Gasteiger partial charge in [-0.15, -0.1) is 0 Å². The molecule has 1 aromatic heterocycles. The van der Waals surface area contributed by atoms with Crippen LogP contribution in [-0.4, -0.2) is 65.3 Å². The van der Waals surface area contributed by atoms with Gasteiger partial charge in [-0.25, -0.2) is 0 Å². The number of pyridine rings is 1. The van der Waals surface area contributed by atoms with Crippen molar-refractivity contribution in [3.8, 4) is 5.75 Å². The Labute approximate surface area is 133 Å². The molecular formula is C17H29N3O2. The number of aromatic nitrogens is 1. The smallest absolute Gasteiger partial charge is 0.128 e. The molecule has 0 spiro atoms. The lowest BCUT2D eigenvalue weighted by atomic mass is 10.1. The van der Waals surface area contributed by atoms with Crippen LogP contribution in [0.5, 0.6) is 5.75 Å². The number of rotatable bonds is 5. The molecule has 0 bridgehead atoms. The van der Waals surface area contributed by atoms with Crippen LogP contribution in [0.3, 0.4) is 0 Å². The van der Waals surface area contributed by atoms with E-state index in [0.29, 0.717) is 6.04 Å². The summed E-state index contributed by atoms with van der Waals surface area (Å²) >= 11 is 0. The van der Waals surface area contributed by atoms with Gasteiger partial charge in [0, 0.05) is 56.1 Å². The Morgan fingerprint density at radius 3 is 2.73 bits per heavy atom. The van der Waals surface area contributed by atoms with E-state index in [2.05, 4.69) is 28.6 Å². The summed E-state index contributed by atoms with van der Waals surface area (Å²) in [5, 5.41) is 9.56. The van der Waals surface area contributed by atoms with Crippen molar-refractivity contribution in [2.24, 2.45) is 0 Å². The molecule has 2 rings (SSSR count). The van der Waals surface area contributed by atoms with Crippen molar-refractivity contribution in [1.29, 1.82) is 0 Å². The first kappa shape index (κ1) is 17.2. The average Bonchev–Trinajstić information content (AvgIpc) is 2.45. The second kappa shape index (κ2) is 7.40. The van der Waals surface area contributed by atoms with Crippen molar-refractivity contribution in [3.05, 3.63) is 23.0 Å². The lowest BCUT2D eigenvalue weighted by Gasteiger charge is -2.40. The number of hydrogen-bond acceptors (Lipinski definition) is 5. The first-order valence-electron chi connectivity index (χ1n) is 8.06. The summed E-state index contributed by atoms with van der Waals surface area (Å²) in [6.07, 6.45) is 1.63. The van der Waals surface area contributed by atoms with E-state index in [0.717, 1.165) is 55.3 Å². The van der Waals surface area contributed by atoms with E-state index in [9.17, 15) is 5.11 Å². The number of hydrogen-bond donors (Lipinski definition) is 1. The van der Waals surface area contributed by atoms with E-state index in [-0.39, 0.29) is 6.10 Å². The van der Waals surface area contributed by atoms with Crippen LogP contribution in [0.1, 0.15) is 30.7 Å². The highest BCUT2D eigenvalue weighted by molar-refractivity contribution is 5.41. The van der Waals surface area contributed by atoms with Crippen LogP contribution < -0.4 is 4.74 Å². The highest BCUT2D eigenvalue weighted by Gasteiger charge is 2.25. The monoisotopic (exact) mass is 307 g/mol. The van der Waals surface area contributed by atoms with Crippen LogP contribution in [0.15, 0.2) is 6.20 Å². The largest absolute Gasteiger partial charge is 0.496 e. The van der Waals surface area contributed by atoms with E-state index in [1.807, 2.05) is 20.0 Å². The lowest BCUT2D eigenvalue weighted by Crippen LogP contribution is -2.53. The van der Waals surface area contributed by atoms with Crippen LogP contribution in [0, 0.1) is 13.8 Å². The Balaban J connectivity index is 2.01. The number of ether oxygens (including phenoxy) is 1. The SMILES string of the molecule is COc1c(C)cnc(CN2CCN(C[C@H](C)O)[C@@H](C)C2)c1C. The Hall–Kier alpha value is -1.17. The third-order valence-electron chi connectivity index (χ3n) is 4.47. The quantitative estimate of drug-likeness (QED) is 0.895. The third kappa shape index (κ3) is 3.97. The number of aliphatic hydroxyl groups is 1. The van der Waals surface area contributed by atoms with E-state index in [1.165, 1.54) is 0 Å². The van der Waals surface area contributed by atoms with Gasteiger partial charge in [0.2, 0.25) is 0 Å². The Kier molecular flexibility index (Phi) is 5.78. The predicted molar refractivity (Wildman–Crippen MR) is 88.3 cm³/mol. The zero-order valence-electron chi connectivity index (χ0n) is 14.5. The highest BCUT2D eigenvalue weighted by atomic mass is 16.5. The molecule has 1 saturated heterocycles. The molecular weight excluding hydrogens is 278 g/mol. The minimum absolute atomic E-state index is 0.265. The zero-order valence-corrected chi connectivity index (χ0v) is 14.5. The van der Waals surface area contributed by atoms with Crippen molar-refractivity contribution in [3.63, 3.8) is 0 Å². The minimum Gasteiger partial charge on any atom is -0.496 e. The number of aryl methyl sites for hydroxylation is 1. The Morgan fingerprint density at radius 2 is 2.14 bits per heavy atom. The first-order chi connectivity index (χ1) is 10.4. The van der Waals surface area contributed by atoms with Crippen LogP contribution in [0.4, 0.5) is 0 Å². The molecule has 124 valence electrons. The second-order valence-corrected chi connectivity index (χ2v) is 6.47. The molecule has 1 N–H and O–H groups in total. The van der Waals surface area contributed by atoms with E-state index >= 15 is 0 Å². The van der Waals surface area contributed by atoms with E-state index in [4.69, 9.17) is 4.74 Å². The number of aliphatic hydroxyl groups excluding tert-OH is 1. The summed E-state index contributed by atoms with van der Waals surface area (Å²) < 4.78 is 5.49. The summed E-state index contributed by atoms with van der Waals surface area (Å²) in [6, 6.07) is 0.455. The molecule has 0 saturated carbocycles. The third-order valence-corrected chi connectivity index (χ3v) is 4.47. The Bertz CT molecular complexity index is 505. The molecule has 1 aliphatic rings. The molecule has 0 aliphatic carbocycles. The molecule has 1 aromatic rings. The van der Waals surface area contributed by atoms with Gasteiger partial charge >= 0.3 is 0 Å². The molecule has 5 nitrogen and oxygen atoms in total. The highest BCUT2D eigenvalue weighted by Crippen LogP contribution is 2.25.